The molecule has 0 spiro atoms. The Morgan fingerprint density at radius 3 is 2.69 bits per heavy atom. The monoisotopic (exact) mass is 182 g/mol. The van der Waals surface area contributed by atoms with Gasteiger partial charge in [0.1, 0.15) is 0 Å². The van der Waals surface area contributed by atoms with Crippen LogP contribution in [-0.4, -0.2) is 11.1 Å². The van der Waals surface area contributed by atoms with E-state index in [0.29, 0.717) is 5.92 Å². The van der Waals surface area contributed by atoms with Crippen LogP contribution in [0.15, 0.2) is 11.6 Å². The Morgan fingerprint density at radius 2 is 2.31 bits per heavy atom. The predicted molar refractivity (Wildman–Crippen MR) is 52.5 cm³/mol. The summed E-state index contributed by atoms with van der Waals surface area (Å²) in [5, 5.41) is 8.98. The van der Waals surface area contributed by atoms with E-state index in [1.165, 1.54) is 5.57 Å². The van der Waals surface area contributed by atoms with E-state index >= 15 is 0 Å². The molecule has 0 aromatic rings. The summed E-state index contributed by atoms with van der Waals surface area (Å²) in [5.41, 5.74) is 0.726. The van der Waals surface area contributed by atoms with Crippen molar-refractivity contribution in [3.63, 3.8) is 0 Å². The fourth-order valence-electron chi connectivity index (χ4n) is 1.87. The van der Waals surface area contributed by atoms with E-state index in [1.54, 1.807) is 0 Å². The van der Waals surface area contributed by atoms with Crippen molar-refractivity contribution < 1.29 is 9.90 Å². The average Bonchev–Trinajstić information content (AvgIpc) is 2.32. The van der Waals surface area contributed by atoms with Crippen molar-refractivity contribution in [3.8, 4) is 0 Å². The second kappa shape index (κ2) is 3.52. The van der Waals surface area contributed by atoms with E-state index in [0.717, 1.165) is 19.3 Å². The number of hydrogen-bond donors (Lipinski definition) is 1. The minimum absolute atomic E-state index is 0.593. The number of carboxylic acids is 1. The summed E-state index contributed by atoms with van der Waals surface area (Å²) in [6.45, 7) is 6.14. The molecule has 13 heavy (non-hydrogen) atoms. The molecule has 0 saturated heterocycles. The molecule has 0 heterocycles. The lowest BCUT2D eigenvalue weighted by Crippen LogP contribution is -2.22. The summed E-state index contributed by atoms with van der Waals surface area (Å²) in [6, 6.07) is 0. The normalized spacial score (nSPS) is 27.8. The van der Waals surface area contributed by atoms with Gasteiger partial charge in [0.15, 0.2) is 0 Å². The van der Waals surface area contributed by atoms with Crippen LogP contribution in [0.4, 0.5) is 0 Å². The third-order valence-corrected chi connectivity index (χ3v) is 2.65. The Bertz CT molecular complexity index is 240. The average molecular weight is 182 g/mol. The highest BCUT2D eigenvalue weighted by atomic mass is 16.4. The van der Waals surface area contributed by atoms with Crippen LogP contribution in [0.5, 0.6) is 0 Å². The lowest BCUT2D eigenvalue weighted by molar-refractivity contribution is -0.145. The van der Waals surface area contributed by atoms with Gasteiger partial charge in [-0.05, 0) is 32.1 Å². The van der Waals surface area contributed by atoms with E-state index in [4.69, 9.17) is 5.11 Å². The maximum Gasteiger partial charge on any atom is 0.313 e. The molecular weight excluding hydrogens is 164 g/mol. The van der Waals surface area contributed by atoms with Crippen molar-refractivity contribution in [2.75, 3.05) is 0 Å². The zero-order chi connectivity index (χ0) is 10.1. The molecule has 0 aliphatic heterocycles. The summed E-state index contributed by atoms with van der Waals surface area (Å²) in [4.78, 5) is 10.9. The van der Waals surface area contributed by atoms with Crippen LogP contribution in [0.2, 0.25) is 0 Å². The molecule has 1 unspecified atom stereocenters. The molecule has 1 N–H and O–H groups in total. The van der Waals surface area contributed by atoms with Gasteiger partial charge < -0.3 is 5.11 Å². The molecule has 0 amide bonds. The molecule has 0 bridgehead atoms. The van der Waals surface area contributed by atoms with Gasteiger partial charge >= 0.3 is 5.97 Å². The van der Waals surface area contributed by atoms with Gasteiger partial charge in [-0.25, -0.2) is 0 Å². The Hall–Kier alpha value is -0.790. The van der Waals surface area contributed by atoms with Crippen LogP contribution in [-0.2, 0) is 4.79 Å². The number of carbonyl (C=O) groups is 1. The molecule has 0 aromatic heterocycles. The topological polar surface area (TPSA) is 37.3 Å². The van der Waals surface area contributed by atoms with Crippen LogP contribution in [0.3, 0.4) is 0 Å². The fraction of sp³-hybridized carbons (Fsp3) is 0.727. The quantitative estimate of drug-likeness (QED) is 0.681. The Balaban J connectivity index is 2.67. The maximum atomic E-state index is 10.9. The highest BCUT2D eigenvalue weighted by Crippen LogP contribution is 2.38. The summed E-state index contributed by atoms with van der Waals surface area (Å²) >= 11 is 0. The lowest BCUT2D eigenvalue weighted by Gasteiger charge is -2.13. The van der Waals surface area contributed by atoms with Crippen LogP contribution >= 0.6 is 0 Å². The zero-order valence-electron chi connectivity index (χ0n) is 8.63. The molecule has 1 aliphatic rings. The minimum atomic E-state index is -0.689. The molecule has 0 radical (unpaired) electrons. The van der Waals surface area contributed by atoms with Gasteiger partial charge in [-0.2, -0.15) is 0 Å². The lowest BCUT2D eigenvalue weighted by atomic mass is 9.91. The molecular formula is C11H18O2. The van der Waals surface area contributed by atoms with Crippen LogP contribution in [0.1, 0.15) is 40.0 Å². The summed E-state index contributed by atoms with van der Waals surface area (Å²) in [6.07, 6.45) is 4.73. The Labute approximate surface area is 79.6 Å². The number of hydrogen-bond acceptors (Lipinski definition) is 1. The van der Waals surface area contributed by atoms with E-state index in [2.05, 4.69) is 13.8 Å². The van der Waals surface area contributed by atoms with E-state index in [-0.39, 0.29) is 0 Å². The fourth-order valence-corrected chi connectivity index (χ4v) is 1.87. The van der Waals surface area contributed by atoms with Gasteiger partial charge in [0.2, 0.25) is 0 Å². The van der Waals surface area contributed by atoms with Crippen molar-refractivity contribution in [3.05, 3.63) is 11.6 Å². The first-order valence-electron chi connectivity index (χ1n) is 4.88. The van der Waals surface area contributed by atoms with Crippen LogP contribution < -0.4 is 0 Å². The molecule has 1 aliphatic carbocycles. The number of carboxylic acid groups (broad SMARTS) is 1. The van der Waals surface area contributed by atoms with Gasteiger partial charge in [0, 0.05) is 0 Å². The van der Waals surface area contributed by atoms with Crippen LogP contribution in [0.25, 0.3) is 0 Å². The third-order valence-electron chi connectivity index (χ3n) is 2.65. The van der Waals surface area contributed by atoms with Gasteiger partial charge in [-0.15, -0.1) is 0 Å². The van der Waals surface area contributed by atoms with Crippen molar-refractivity contribution >= 4 is 5.97 Å². The molecule has 0 saturated carbocycles. The summed E-state index contributed by atoms with van der Waals surface area (Å²) in [5.74, 6) is -0.0614. The number of allylic oxidation sites excluding steroid dienone is 1. The zero-order valence-corrected chi connectivity index (χ0v) is 8.63. The summed E-state index contributed by atoms with van der Waals surface area (Å²) in [7, 11) is 0. The molecule has 1 rings (SSSR count). The first-order valence-corrected chi connectivity index (χ1v) is 4.88. The number of aliphatic carboxylic acids is 1. The van der Waals surface area contributed by atoms with Crippen LogP contribution in [0, 0.1) is 11.3 Å². The Kier molecular flexibility index (Phi) is 2.79. The smallest absolute Gasteiger partial charge is 0.313 e. The highest BCUT2D eigenvalue weighted by molar-refractivity contribution is 5.77. The maximum absolute atomic E-state index is 10.9. The van der Waals surface area contributed by atoms with E-state index in [1.807, 2.05) is 13.0 Å². The van der Waals surface area contributed by atoms with E-state index < -0.39 is 11.4 Å². The van der Waals surface area contributed by atoms with Gasteiger partial charge in [-0.1, -0.05) is 25.5 Å². The van der Waals surface area contributed by atoms with Gasteiger partial charge in [0.05, 0.1) is 5.41 Å². The third kappa shape index (κ3) is 2.33. The molecule has 74 valence electrons. The van der Waals surface area contributed by atoms with Crippen molar-refractivity contribution in [2.24, 2.45) is 11.3 Å². The molecule has 0 aromatic carbocycles. The van der Waals surface area contributed by atoms with Gasteiger partial charge in [-0.3, -0.25) is 4.79 Å². The van der Waals surface area contributed by atoms with Crippen molar-refractivity contribution in [2.45, 2.75) is 40.0 Å². The van der Waals surface area contributed by atoms with Gasteiger partial charge in [0.25, 0.3) is 0 Å². The largest absolute Gasteiger partial charge is 0.481 e. The van der Waals surface area contributed by atoms with Crippen molar-refractivity contribution in [1.82, 2.24) is 0 Å². The minimum Gasteiger partial charge on any atom is -0.481 e. The Morgan fingerprint density at radius 1 is 1.69 bits per heavy atom. The second-order valence-corrected chi connectivity index (χ2v) is 4.62. The SMILES string of the molecule is CC(C)CC1=CC(C)(C(=O)O)CC1. The first kappa shape index (κ1) is 10.3. The molecule has 1 atom stereocenters. The predicted octanol–water partition coefficient (Wildman–Crippen LogP) is 2.84. The molecule has 0 fully saturated rings. The van der Waals surface area contributed by atoms with Crippen molar-refractivity contribution in [1.29, 1.82) is 0 Å². The standard InChI is InChI=1S/C11H18O2/c1-8(2)6-9-4-5-11(3,7-9)10(12)13/h7-8H,4-6H2,1-3H3,(H,12,13). The highest BCUT2D eigenvalue weighted by Gasteiger charge is 2.35. The first-order chi connectivity index (χ1) is 5.94. The summed E-state index contributed by atoms with van der Waals surface area (Å²) < 4.78 is 0. The molecule has 2 nitrogen and oxygen atoms in total. The molecule has 2 heteroatoms. The second-order valence-electron chi connectivity index (χ2n) is 4.62. The van der Waals surface area contributed by atoms with E-state index in [9.17, 15) is 4.79 Å². The number of rotatable bonds is 3.